The molecule has 246 valence electrons. The molecule has 14 heteroatoms. The number of carbonyl (C=O) groups is 1. The molecule has 5 rings (SSSR count). The number of carbonyl (C=O) groups excluding carboxylic acids is 1. The highest BCUT2D eigenvalue weighted by molar-refractivity contribution is 9.09. The third-order valence-corrected chi connectivity index (χ3v) is 9.86. The SMILES string of the molecule is CCOC(=O)CC(c1cc(CN2Cc3cc(O)ccc3OS2(=O)=O)c(OC)c(OC)c1)c1ccc2c(nnn2CCCCBr)c1C. The normalized spacial score (nSPS) is 14.8. The molecule has 1 atom stereocenters. The number of aromatic hydroxyl groups is 1. The Morgan fingerprint density at radius 1 is 1.13 bits per heavy atom. The minimum Gasteiger partial charge on any atom is -0.508 e. The van der Waals surface area contributed by atoms with Gasteiger partial charge < -0.3 is 23.5 Å². The van der Waals surface area contributed by atoms with E-state index >= 15 is 0 Å². The Kier molecular flexibility index (Phi) is 10.4. The number of unbranched alkanes of at least 4 members (excludes halogenated alkanes) is 1. The first-order chi connectivity index (χ1) is 22.1. The van der Waals surface area contributed by atoms with Gasteiger partial charge in [0.25, 0.3) is 0 Å². The number of halogens is 1. The summed E-state index contributed by atoms with van der Waals surface area (Å²) < 4.78 is 51.6. The maximum absolute atomic E-state index is 13.2. The molecule has 2 heterocycles. The molecule has 1 aliphatic rings. The number of nitrogens with zero attached hydrogens (tertiary/aromatic N) is 4. The molecule has 0 aliphatic carbocycles. The minimum absolute atomic E-state index is 0.00374. The van der Waals surface area contributed by atoms with Gasteiger partial charge >= 0.3 is 16.3 Å². The molecule has 0 saturated heterocycles. The van der Waals surface area contributed by atoms with Crippen LogP contribution in [-0.4, -0.2) is 64.9 Å². The predicted octanol–water partition coefficient (Wildman–Crippen LogP) is 5.36. The number of alkyl halides is 1. The first-order valence-electron chi connectivity index (χ1n) is 14.9. The lowest BCUT2D eigenvalue weighted by molar-refractivity contribution is -0.143. The van der Waals surface area contributed by atoms with Crippen LogP contribution in [0.4, 0.5) is 0 Å². The highest BCUT2D eigenvalue weighted by atomic mass is 79.9. The number of fused-ring (bicyclic) bond motifs is 2. The number of phenols is 1. The minimum atomic E-state index is -4.18. The van der Waals surface area contributed by atoms with E-state index in [1.807, 2.05) is 29.8 Å². The van der Waals surface area contributed by atoms with E-state index in [1.54, 1.807) is 13.0 Å². The lowest BCUT2D eigenvalue weighted by Crippen LogP contribution is -2.37. The van der Waals surface area contributed by atoms with Gasteiger partial charge in [0, 0.05) is 42.0 Å². The van der Waals surface area contributed by atoms with Crippen molar-refractivity contribution >= 4 is 43.2 Å². The van der Waals surface area contributed by atoms with E-state index in [9.17, 15) is 18.3 Å². The van der Waals surface area contributed by atoms with Gasteiger partial charge in [0.05, 0.1) is 32.8 Å². The summed E-state index contributed by atoms with van der Waals surface area (Å²) in [6.07, 6.45) is 1.99. The quantitative estimate of drug-likeness (QED) is 0.109. The van der Waals surface area contributed by atoms with Gasteiger partial charge in [-0.25, -0.2) is 4.68 Å². The monoisotopic (exact) mass is 716 g/mol. The van der Waals surface area contributed by atoms with Crippen LogP contribution >= 0.6 is 15.9 Å². The molecule has 46 heavy (non-hydrogen) atoms. The molecule has 1 aromatic heterocycles. The number of aromatic nitrogens is 3. The summed E-state index contributed by atoms with van der Waals surface area (Å²) in [5, 5.41) is 19.8. The van der Waals surface area contributed by atoms with E-state index in [0.29, 0.717) is 28.2 Å². The molecular formula is C32H37BrN4O8S. The van der Waals surface area contributed by atoms with Gasteiger partial charge in [-0.05, 0) is 79.8 Å². The molecule has 0 fully saturated rings. The third-order valence-electron chi connectivity index (χ3n) is 8.02. The zero-order chi connectivity index (χ0) is 33.0. The van der Waals surface area contributed by atoms with Crippen LogP contribution in [0.25, 0.3) is 11.0 Å². The van der Waals surface area contributed by atoms with Crippen LogP contribution in [0.15, 0.2) is 42.5 Å². The number of hydrogen-bond acceptors (Lipinski definition) is 10. The number of ether oxygens (including phenoxy) is 3. The Hall–Kier alpha value is -3.88. The van der Waals surface area contributed by atoms with Crippen molar-refractivity contribution in [1.29, 1.82) is 0 Å². The molecule has 12 nitrogen and oxygen atoms in total. The van der Waals surface area contributed by atoms with Crippen molar-refractivity contribution in [2.24, 2.45) is 0 Å². The van der Waals surface area contributed by atoms with E-state index in [4.69, 9.17) is 18.4 Å². The Labute approximate surface area is 276 Å². The van der Waals surface area contributed by atoms with Crippen LogP contribution in [0.3, 0.4) is 0 Å². The Bertz CT molecular complexity index is 1850. The van der Waals surface area contributed by atoms with E-state index in [0.717, 1.165) is 51.2 Å². The van der Waals surface area contributed by atoms with Crippen molar-refractivity contribution in [1.82, 2.24) is 19.3 Å². The summed E-state index contributed by atoms with van der Waals surface area (Å²) in [5.41, 5.74) is 5.08. The first-order valence-corrected chi connectivity index (χ1v) is 17.4. The van der Waals surface area contributed by atoms with Crippen molar-refractivity contribution in [2.75, 3.05) is 26.2 Å². The van der Waals surface area contributed by atoms with Crippen LogP contribution in [0.1, 0.15) is 59.9 Å². The zero-order valence-corrected chi connectivity index (χ0v) is 28.6. The zero-order valence-electron chi connectivity index (χ0n) is 26.2. The number of esters is 1. The van der Waals surface area contributed by atoms with Gasteiger partial charge in [0.15, 0.2) is 11.5 Å². The number of hydrogen-bond donors (Lipinski definition) is 1. The smallest absolute Gasteiger partial charge is 0.385 e. The Morgan fingerprint density at radius 2 is 1.93 bits per heavy atom. The summed E-state index contributed by atoms with van der Waals surface area (Å²) in [4.78, 5) is 13.0. The van der Waals surface area contributed by atoms with Gasteiger partial charge in [-0.2, -0.15) is 12.7 Å². The summed E-state index contributed by atoms with van der Waals surface area (Å²) in [5.74, 6) is -0.00770. The van der Waals surface area contributed by atoms with Gasteiger partial charge in [-0.15, -0.1) is 5.10 Å². The number of aryl methyl sites for hydroxylation is 2. The molecular weight excluding hydrogens is 680 g/mol. The average molecular weight is 718 g/mol. The van der Waals surface area contributed by atoms with E-state index in [1.165, 1.54) is 32.4 Å². The highest BCUT2D eigenvalue weighted by Crippen LogP contribution is 2.42. The molecule has 0 bridgehead atoms. The van der Waals surface area contributed by atoms with Crippen molar-refractivity contribution in [3.63, 3.8) is 0 Å². The molecule has 0 saturated carbocycles. The lowest BCUT2D eigenvalue weighted by Gasteiger charge is -2.29. The lowest BCUT2D eigenvalue weighted by atomic mass is 9.84. The standard InChI is InChI=1S/C32H37BrN4O8S/c1-5-44-30(39)17-26(25-9-10-27-31(20(25)2)34-35-37(27)13-7-6-12-33)21-14-23(32(43-4)29(16-21)42-3)19-36-18-22-15-24(38)8-11-28(22)45-46(36,40)41/h8-11,14-16,26,38H,5-7,12-13,17-19H2,1-4H3. The van der Waals surface area contributed by atoms with Crippen LogP contribution in [0.2, 0.25) is 0 Å². The summed E-state index contributed by atoms with van der Waals surface area (Å²) in [6, 6.07) is 11.8. The fraction of sp³-hybridized carbons (Fsp3) is 0.406. The molecule has 4 aromatic rings. The Morgan fingerprint density at radius 3 is 2.65 bits per heavy atom. The third kappa shape index (κ3) is 6.93. The van der Waals surface area contributed by atoms with Crippen molar-refractivity contribution in [2.45, 2.75) is 58.7 Å². The maximum Gasteiger partial charge on any atom is 0.385 e. The molecule has 1 aliphatic heterocycles. The van der Waals surface area contributed by atoms with E-state index in [-0.39, 0.29) is 43.6 Å². The molecule has 0 spiro atoms. The maximum atomic E-state index is 13.2. The number of phenolic OH excluding ortho intramolecular Hbond substituents is 1. The molecule has 1 N–H and O–H groups in total. The van der Waals surface area contributed by atoms with Crippen LogP contribution < -0.4 is 13.7 Å². The molecule has 1 unspecified atom stereocenters. The van der Waals surface area contributed by atoms with Crippen LogP contribution in [0, 0.1) is 6.92 Å². The van der Waals surface area contributed by atoms with Gasteiger partial charge in [-0.1, -0.05) is 27.2 Å². The van der Waals surface area contributed by atoms with Crippen molar-refractivity contribution in [3.8, 4) is 23.0 Å². The molecule has 0 radical (unpaired) electrons. The molecule has 3 aromatic carbocycles. The highest BCUT2D eigenvalue weighted by Gasteiger charge is 2.34. The predicted molar refractivity (Wildman–Crippen MR) is 175 cm³/mol. The number of benzene rings is 3. The average Bonchev–Trinajstić information content (AvgIpc) is 3.44. The summed E-state index contributed by atoms with van der Waals surface area (Å²) in [6.45, 7) is 4.52. The first kappa shape index (κ1) is 33.5. The summed E-state index contributed by atoms with van der Waals surface area (Å²) in [7, 11) is -1.21. The second kappa shape index (κ2) is 14.3. The topological polar surface area (TPSA) is 142 Å². The van der Waals surface area contributed by atoms with Gasteiger partial charge in [0.2, 0.25) is 0 Å². The largest absolute Gasteiger partial charge is 0.508 e. The van der Waals surface area contributed by atoms with Crippen LogP contribution in [0.5, 0.6) is 23.0 Å². The fourth-order valence-corrected chi connectivity index (χ4v) is 7.28. The van der Waals surface area contributed by atoms with Crippen molar-refractivity contribution in [3.05, 3.63) is 70.3 Å². The number of rotatable bonds is 13. The number of methoxy groups -OCH3 is 2. The summed E-state index contributed by atoms with van der Waals surface area (Å²) >= 11 is 3.47. The Balaban J connectivity index is 1.59. The van der Waals surface area contributed by atoms with Crippen molar-refractivity contribution < 1.29 is 36.7 Å². The second-order valence-electron chi connectivity index (χ2n) is 10.9. The van der Waals surface area contributed by atoms with E-state index < -0.39 is 16.2 Å². The molecule has 0 amide bonds. The second-order valence-corrected chi connectivity index (χ2v) is 13.3. The van der Waals surface area contributed by atoms with Gasteiger partial charge in [0.1, 0.15) is 17.0 Å². The van der Waals surface area contributed by atoms with Gasteiger partial charge in [-0.3, -0.25) is 4.79 Å². The van der Waals surface area contributed by atoms with Crippen LogP contribution in [-0.2, 0) is 39.5 Å². The fourth-order valence-electron chi connectivity index (χ4n) is 5.79. The van der Waals surface area contributed by atoms with E-state index in [2.05, 4.69) is 26.2 Å².